The summed E-state index contributed by atoms with van der Waals surface area (Å²) in [7, 11) is 3.05. The summed E-state index contributed by atoms with van der Waals surface area (Å²) in [5.74, 6) is 0.185. The third-order valence-electron chi connectivity index (χ3n) is 3.24. The van der Waals surface area contributed by atoms with Crippen molar-refractivity contribution in [2.75, 3.05) is 20.8 Å². The van der Waals surface area contributed by atoms with Gasteiger partial charge in [-0.3, -0.25) is 19.8 Å². The van der Waals surface area contributed by atoms with Gasteiger partial charge in [-0.2, -0.15) is 0 Å². The molecule has 1 saturated heterocycles. The lowest BCUT2D eigenvalue weighted by atomic mass is 10.1. The molecule has 0 radical (unpaired) electrons. The average molecular weight is 320 g/mol. The minimum Gasteiger partial charge on any atom is -0.497 e. The van der Waals surface area contributed by atoms with Crippen LogP contribution in [0.5, 0.6) is 11.5 Å². The van der Waals surface area contributed by atoms with Crippen molar-refractivity contribution in [3.05, 3.63) is 29.3 Å². The van der Waals surface area contributed by atoms with Crippen LogP contribution in [0.1, 0.15) is 12.5 Å². The quantitative estimate of drug-likeness (QED) is 0.515. The lowest BCUT2D eigenvalue weighted by molar-refractivity contribution is -0.128. The van der Waals surface area contributed by atoms with E-state index < -0.39 is 11.8 Å². The third-order valence-corrected chi connectivity index (χ3v) is 3.56. The topological polar surface area (TPSA) is 67.9 Å². The highest BCUT2D eigenvalue weighted by Crippen LogP contribution is 2.27. The molecule has 6 nitrogen and oxygen atoms in total. The number of rotatable bonds is 4. The number of hydrogen-bond donors (Lipinski definition) is 1. The summed E-state index contributed by atoms with van der Waals surface area (Å²) in [4.78, 5) is 25.7. The number of benzene rings is 1. The van der Waals surface area contributed by atoms with Crippen LogP contribution in [0.3, 0.4) is 0 Å². The summed E-state index contributed by atoms with van der Waals surface area (Å²) in [6.07, 6.45) is 1.49. The number of nitrogens with zero attached hydrogens (tertiary/aromatic N) is 1. The molecule has 1 aromatic carbocycles. The van der Waals surface area contributed by atoms with Gasteiger partial charge in [0.15, 0.2) is 5.11 Å². The Morgan fingerprint density at radius 1 is 1.27 bits per heavy atom. The van der Waals surface area contributed by atoms with Crippen LogP contribution in [0.4, 0.5) is 0 Å². The molecule has 1 fully saturated rings. The van der Waals surface area contributed by atoms with E-state index in [1.807, 2.05) is 0 Å². The Hall–Kier alpha value is -2.41. The van der Waals surface area contributed by atoms with Crippen molar-refractivity contribution in [1.82, 2.24) is 10.2 Å². The summed E-state index contributed by atoms with van der Waals surface area (Å²) in [6, 6.07) is 5.12. The summed E-state index contributed by atoms with van der Waals surface area (Å²) in [5, 5.41) is 2.63. The van der Waals surface area contributed by atoms with Gasteiger partial charge in [0, 0.05) is 18.2 Å². The molecule has 22 heavy (non-hydrogen) atoms. The number of hydrogen-bond acceptors (Lipinski definition) is 5. The molecule has 0 aromatic heterocycles. The molecule has 0 unspecified atom stereocenters. The highest BCUT2D eigenvalue weighted by atomic mass is 32.1. The molecule has 7 heteroatoms. The Kier molecular flexibility index (Phi) is 4.77. The second-order valence-electron chi connectivity index (χ2n) is 4.47. The molecule has 0 bridgehead atoms. The standard InChI is InChI=1S/C15H16N2O4S/c1-4-17-14(19)11(13(18)16-15(17)22)7-9-5-6-10(20-2)8-12(9)21-3/h5-8H,4H2,1-3H3,(H,16,18,22). The van der Waals surface area contributed by atoms with Gasteiger partial charge >= 0.3 is 0 Å². The zero-order valence-electron chi connectivity index (χ0n) is 12.5. The van der Waals surface area contributed by atoms with Crippen LogP contribution >= 0.6 is 12.2 Å². The number of nitrogens with one attached hydrogen (secondary N) is 1. The van der Waals surface area contributed by atoms with Crippen molar-refractivity contribution in [3.63, 3.8) is 0 Å². The molecule has 0 saturated carbocycles. The van der Waals surface area contributed by atoms with E-state index in [2.05, 4.69) is 5.32 Å². The molecule has 2 amide bonds. The van der Waals surface area contributed by atoms with Crippen LogP contribution in [-0.4, -0.2) is 42.6 Å². The number of amides is 2. The summed E-state index contributed by atoms with van der Waals surface area (Å²) in [6.45, 7) is 2.17. The zero-order chi connectivity index (χ0) is 16.3. The van der Waals surface area contributed by atoms with Crippen LogP contribution in [0.15, 0.2) is 23.8 Å². The molecular formula is C15H16N2O4S. The lowest BCUT2D eigenvalue weighted by Crippen LogP contribution is -2.53. The van der Waals surface area contributed by atoms with E-state index in [1.165, 1.54) is 18.1 Å². The fourth-order valence-corrected chi connectivity index (χ4v) is 2.38. The maximum atomic E-state index is 12.3. The second-order valence-corrected chi connectivity index (χ2v) is 4.86. The van der Waals surface area contributed by atoms with E-state index in [1.54, 1.807) is 32.2 Å². The molecule has 1 N–H and O–H groups in total. The number of methoxy groups -OCH3 is 2. The van der Waals surface area contributed by atoms with E-state index in [9.17, 15) is 9.59 Å². The largest absolute Gasteiger partial charge is 0.497 e. The molecule has 1 aliphatic heterocycles. The van der Waals surface area contributed by atoms with Gasteiger partial charge in [0.2, 0.25) is 0 Å². The van der Waals surface area contributed by atoms with Crippen molar-refractivity contribution in [3.8, 4) is 11.5 Å². The van der Waals surface area contributed by atoms with Gasteiger partial charge in [-0.1, -0.05) is 0 Å². The second kappa shape index (κ2) is 6.57. The fraction of sp³-hybridized carbons (Fsp3) is 0.267. The van der Waals surface area contributed by atoms with Crippen LogP contribution in [0, 0.1) is 0 Å². The molecule has 1 aliphatic rings. The summed E-state index contributed by atoms with van der Waals surface area (Å²) < 4.78 is 10.4. The first-order valence-corrected chi connectivity index (χ1v) is 7.03. The molecule has 0 aliphatic carbocycles. The first kappa shape index (κ1) is 16.0. The highest BCUT2D eigenvalue weighted by molar-refractivity contribution is 7.80. The van der Waals surface area contributed by atoms with E-state index >= 15 is 0 Å². The van der Waals surface area contributed by atoms with Crippen molar-refractivity contribution >= 4 is 35.2 Å². The minimum absolute atomic E-state index is 0.0129. The first-order chi connectivity index (χ1) is 10.5. The van der Waals surface area contributed by atoms with Crippen molar-refractivity contribution in [2.24, 2.45) is 0 Å². The Balaban J connectivity index is 2.45. The Morgan fingerprint density at radius 3 is 2.59 bits per heavy atom. The number of carbonyl (C=O) groups is 2. The van der Waals surface area contributed by atoms with Gasteiger partial charge in [-0.15, -0.1) is 0 Å². The highest BCUT2D eigenvalue weighted by Gasteiger charge is 2.32. The minimum atomic E-state index is -0.516. The Bertz CT molecular complexity index is 670. The van der Waals surface area contributed by atoms with E-state index in [-0.39, 0.29) is 10.7 Å². The van der Waals surface area contributed by atoms with Gasteiger partial charge in [0.1, 0.15) is 17.1 Å². The molecule has 1 aromatic rings. The lowest BCUT2D eigenvalue weighted by Gasteiger charge is -2.27. The maximum absolute atomic E-state index is 12.3. The van der Waals surface area contributed by atoms with Gasteiger partial charge < -0.3 is 9.47 Å². The van der Waals surface area contributed by atoms with Gasteiger partial charge in [0.25, 0.3) is 11.8 Å². The predicted octanol–water partition coefficient (Wildman–Crippen LogP) is 1.35. The maximum Gasteiger partial charge on any atom is 0.265 e. The zero-order valence-corrected chi connectivity index (χ0v) is 13.3. The molecule has 1 heterocycles. The van der Waals surface area contributed by atoms with Crippen molar-refractivity contribution in [1.29, 1.82) is 0 Å². The molecule has 0 spiro atoms. The normalized spacial score (nSPS) is 16.8. The fourth-order valence-electron chi connectivity index (χ4n) is 2.07. The molecular weight excluding hydrogens is 304 g/mol. The summed E-state index contributed by atoms with van der Waals surface area (Å²) in [5.41, 5.74) is 0.615. The molecule has 2 rings (SSSR count). The Labute approximate surface area is 133 Å². The first-order valence-electron chi connectivity index (χ1n) is 6.62. The number of likely N-dealkylation sites (N-methyl/N-ethyl adjacent to an activating group) is 1. The van der Waals surface area contributed by atoms with E-state index in [4.69, 9.17) is 21.7 Å². The molecule has 116 valence electrons. The van der Waals surface area contributed by atoms with Gasteiger partial charge in [-0.05, 0) is 37.4 Å². The van der Waals surface area contributed by atoms with Crippen molar-refractivity contribution in [2.45, 2.75) is 6.92 Å². The third kappa shape index (κ3) is 2.94. The smallest absolute Gasteiger partial charge is 0.265 e. The SMILES string of the molecule is CCN1C(=O)C(=Cc2ccc(OC)cc2OC)C(=O)NC1=S. The average Bonchev–Trinajstić information content (AvgIpc) is 2.51. The van der Waals surface area contributed by atoms with E-state index in [0.717, 1.165) is 0 Å². The van der Waals surface area contributed by atoms with E-state index in [0.29, 0.717) is 23.6 Å². The number of thiocarbonyl (C=S) groups is 1. The molecule has 0 atom stereocenters. The number of ether oxygens (including phenoxy) is 2. The van der Waals surface area contributed by atoms with Crippen LogP contribution < -0.4 is 14.8 Å². The van der Waals surface area contributed by atoms with Gasteiger partial charge in [0.05, 0.1) is 14.2 Å². The number of carbonyl (C=O) groups excluding carboxylic acids is 2. The van der Waals surface area contributed by atoms with Crippen molar-refractivity contribution < 1.29 is 19.1 Å². The monoisotopic (exact) mass is 320 g/mol. The van der Waals surface area contributed by atoms with Gasteiger partial charge in [-0.25, -0.2) is 0 Å². The van der Waals surface area contributed by atoms with Crippen LogP contribution in [0.2, 0.25) is 0 Å². The van der Waals surface area contributed by atoms with Crippen LogP contribution in [0.25, 0.3) is 6.08 Å². The summed E-state index contributed by atoms with van der Waals surface area (Å²) >= 11 is 4.98. The Morgan fingerprint density at radius 2 is 2.00 bits per heavy atom. The van der Waals surface area contributed by atoms with Crippen LogP contribution in [-0.2, 0) is 9.59 Å². The predicted molar refractivity (Wildman–Crippen MR) is 85.7 cm³/mol.